The zero-order chi connectivity index (χ0) is 24.1. The minimum atomic E-state index is -0.261. The van der Waals surface area contributed by atoms with Crippen LogP contribution in [0.2, 0.25) is 0 Å². The number of ketones is 1. The first-order valence-corrected chi connectivity index (χ1v) is 11.9. The maximum atomic E-state index is 12.8. The largest absolute Gasteiger partial charge is 0.507 e. The summed E-state index contributed by atoms with van der Waals surface area (Å²) in [6.45, 7) is 2.30. The number of benzene rings is 2. The number of carbonyl (C=O) groups is 2. The number of hydrogen-bond acceptors (Lipinski definition) is 7. The maximum absolute atomic E-state index is 12.8. The van der Waals surface area contributed by atoms with Gasteiger partial charge in [-0.15, -0.1) is 0 Å². The fourth-order valence-corrected chi connectivity index (χ4v) is 4.57. The molecule has 2 N–H and O–H groups in total. The summed E-state index contributed by atoms with van der Waals surface area (Å²) in [5.74, 6) is 0.0534. The van der Waals surface area contributed by atoms with E-state index in [2.05, 4.69) is 10.3 Å². The van der Waals surface area contributed by atoms with E-state index in [1.165, 1.54) is 11.8 Å². The lowest BCUT2D eigenvalue weighted by atomic mass is 9.98. The number of aromatic nitrogens is 1. The molecule has 6 nitrogen and oxygen atoms in total. The molecule has 0 aliphatic carbocycles. The van der Waals surface area contributed by atoms with Gasteiger partial charge in [0.15, 0.2) is 5.78 Å². The van der Waals surface area contributed by atoms with Gasteiger partial charge in [-0.2, -0.15) is 0 Å². The Morgan fingerprint density at radius 1 is 1.15 bits per heavy atom. The molecule has 0 bridgehead atoms. The highest BCUT2D eigenvalue weighted by Gasteiger charge is 2.22. The number of amides is 1. The minimum Gasteiger partial charge on any atom is -0.507 e. The number of ether oxygens (including phenoxy) is 1. The first kappa shape index (κ1) is 23.7. The summed E-state index contributed by atoms with van der Waals surface area (Å²) in [6.07, 6.45) is 6.25. The van der Waals surface area contributed by atoms with E-state index in [-0.39, 0.29) is 23.0 Å². The average molecular weight is 491 g/mol. The first-order chi connectivity index (χ1) is 16.5. The predicted molar refractivity (Wildman–Crippen MR) is 137 cm³/mol. The summed E-state index contributed by atoms with van der Waals surface area (Å²) >= 11 is 6.26. The number of pyridine rings is 1. The highest BCUT2D eigenvalue weighted by atomic mass is 32.2. The average Bonchev–Trinajstić information content (AvgIpc) is 3.17. The van der Waals surface area contributed by atoms with E-state index in [4.69, 9.17) is 17.0 Å². The summed E-state index contributed by atoms with van der Waals surface area (Å²) in [5, 5.41) is 13.5. The number of phenolic OH excluding ortho intramolecular Hbond substituents is 1. The van der Waals surface area contributed by atoms with Gasteiger partial charge >= 0.3 is 0 Å². The molecule has 1 aliphatic rings. The van der Waals surface area contributed by atoms with E-state index in [1.807, 2.05) is 31.2 Å². The van der Waals surface area contributed by atoms with Gasteiger partial charge in [-0.3, -0.25) is 14.6 Å². The van der Waals surface area contributed by atoms with Gasteiger partial charge in [-0.1, -0.05) is 61.6 Å². The number of nitrogens with zero attached hydrogens (tertiary/aromatic N) is 1. The summed E-state index contributed by atoms with van der Waals surface area (Å²) in [4.78, 5) is 29.2. The number of phenols is 1. The molecule has 0 unspecified atom stereocenters. The molecular weight excluding hydrogens is 468 g/mol. The Kier molecular flexibility index (Phi) is 7.40. The molecule has 34 heavy (non-hydrogen) atoms. The van der Waals surface area contributed by atoms with Crippen molar-refractivity contribution in [2.24, 2.45) is 0 Å². The third kappa shape index (κ3) is 5.35. The van der Waals surface area contributed by atoms with E-state index in [0.717, 1.165) is 17.5 Å². The number of hydrogen-bond donors (Lipinski definition) is 2. The molecule has 0 atom stereocenters. The zero-order valence-corrected chi connectivity index (χ0v) is 20.0. The molecule has 3 aromatic rings. The molecule has 0 radical (unpaired) electrons. The molecule has 0 spiro atoms. The molecule has 1 amide bonds. The summed E-state index contributed by atoms with van der Waals surface area (Å²) in [7, 11) is 0. The van der Waals surface area contributed by atoms with Gasteiger partial charge in [-0.25, -0.2) is 0 Å². The van der Waals surface area contributed by atoms with E-state index >= 15 is 0 Å². The van der Waals surface area contributed by atoms with Crippen molar-refractivity contribution in [1.29, 1.82) is 0 Å². The van der Waals surface area contributed by atoms with Crippen molar-refractivity contribution in [1.82, 2.24) is 10.3 Å². The van der Waals surface area contributed by atoms with Gasteiger partial charge < -0.3 is 15.2 Å². The Balaban J connectivity index is 1.50. The van der Waals surface area contributed by atoms with Crippen molar-refractivity contribution in [2.45, 2.75) is 26.4 Å². The Bertz CT molecular complexity index is 1270. The fraction of sp³-hybridized carbons (Fsp3) is 0.154. The topological polar surface area (TPSA) is 88.5 Å². The Hall–Kier alpha value is -3.49. The smallest absolute Gasteiger partial charge is 0.263 e. The summed E-state index contributed by atoms with van der Waals surface area (Å²) in [5.41, 5.74) is 3.14. The third-order valence-electron chi connectivity index (χ3n) is 5.24. The second-order valence-electron chi connectivity index (χ2n) is 7.64. The van der Waals surface area contributed by atoms with Crippen molar-refractivity contribution in [3.05, 3.63) is 93.6 Å². The van der Waals surface area contributed by atoms with Crippen molar-refractivity contribution < 1.29 is 19.4 Å². The van der Waals surface area contributed by atoms with Crippen LogP contribution < -0.4 is 10.1 Å². The lowest BCUT2D eigenvalue weighted by molar-refractivity contribution is -0.115. The Morgan fingerprint density at radius 2 is 1.88 bits per heavy atom. The monoisotopic (exact) mass is 490 g/mol. The second kappa shape index (κ2) is 10.6. The van der Waals surface area contributed by atoms with Crippen molar-refractivity contribution in [3.8, 4) is 11.5 Å². The van der Waals surface area contributed by atoms with Crippen LogP contribution in [0.5, 0.6) is 11.5 Å². The highest BCUT2D eigenvalue weighted by Crippen LogP contribution is 2.34. The van der Waals surface area contributed by atoms with Crippen LogP contribution in [0.25, 0.3) is 6.08 Å². The number of thioether (sulfide) groups is 1. The van der Waals surface area contributed by atoms with Crippen LogP contribution in [0.4, 0.5) is 0 Å². The van der Waals surface area contributed by atoms with Crippen LogP contribution in [0.1, 0.15) is 46.0 Å². The molecule has 1 fully saturated rings. The Morgan fingerprint density at radius 3 is 2.53 bits per heavy atom. The zero-order valence-electron chi connectivity index (χ0n) is 18.4. The fourth-order valence-electron chi connectivity index (χ4n) is 3.53. The van der Waals surface area contributed by atoms with Crippen LogP contribution in [-0.2, 0) is 17.8 Å². The molecule has 172 valence electrons. The van der Waals surface area contributed by atoms with Crippen molar-refractivity contribution >= 4 is 46.1 Å². The molecule has 2 heterocycles. The molecule has 1 aliphatic heterocycles. The number of aromatic hydroxyl groups is 1. The number of rotatable bonds is 8. The van der Waals surface area contributed by atoms with Crippen LogP contribution in [0, 0.1) is 0 Å². The van der Waals surface area contributed by atoms with Gasteiger partial charge in [0, 0.05) is 23.5 Å². The maximum Gasteiger partial charge on any atom is 0.263 e. The van der Waals surface area contributed by atoms with Gasteiger partial charge in [0.2, 0.25) is 0 Å². The summed E-state index contributed by atoms with van der Waals surface area (Å²) in [6, 6.07) is 14.2. The minimum absolute atomic E-state index is 0.0478. The molecule has 1 aromatic heterocycles. The van der Waals surface area contributed by atoms with E-state index in [0.29, 0.717) is 39.1 Å². The quantitative estimate of drug-likeness (QED) is 0.260. The predicted octanol–water partition coefficient (Wildman–Crippen LogP) is 5.04. The van der Waals surface area contributed by atoms with Crippen LogP contribution >= 0.6 is 24.0 Å². The van der Waals surface area contributed by atoms with Gasteiger partial charge in [0.1, 0.15) is 22.4 Å². The van der Waals surface area contributed by atoms with Crippen LogP contribution in [0.3, 0.4) is 0 Å². The second-order valence-corrected chi connectivity index (χ2v) is 9.35. The number of nitrogens with one attached hydrogen (secondary N) is 1. The van der Waals surface area contributed by atoms with Gasteiger partial charge in [0.25, 0.3) is 5.91 Å². The highest BCUT2D eigenvalue weighted by molar-refractivity contribution is 8.26. The lowest BCUT2D eigenvalue weighted by Crippen LogP contribution is -2.17. The van der Waals surface area contributed by atoms with Gasteiger partial charge in [-0.05, 0) is 47.9 Å². The van der Waals surface area contributed by atoms with E-state index < -0.39 is 0 Å². The SMILES string of the molecule is CCCc1c(OCc2ccc(/C=C3\SC(=S)NC3=O)cc2)ccc(C(=O)c2ccncc2)c1O. The van der Waals surface area contributed by atoms with Crippen LogP contribution in [-0.4, -0.2) is 26.1 Å². The molecule has 4 rings (SSSR count). The van der Waals surface area contributed by atoms with Gasteiger partial charge in [0.05, 0.1) is 10.5 Å². The summed E-state index contributed by atoms with van der Waals surface area (Å²) < 4.78 is 6.48. The number of carbonyl (C=O) groups excluding carboxylic acids is 2. The molecule has 1 saturated heterocycles. The molecule has 2 aromatic carbocycles. The standard InChI is InChI=1S/C26H22N2O4S2/c1-2-3-19-21(9-8-20(24(19)30)23(29)18-10-12-27-13-11-18)32-15-17-6-4-16(5-7-17)14-22-25(31)28-26(33)34-22/h4-14,30H,2-3,15H2,1H3,(H,28,31,33)/b22-14-. The molecular formula is C26H22N2O4S2. The van der Waals surface area contributed by atoms with Crippen LogP contribution in [0.15, 0.2) is 65.8 Å². The van der Waals surface area contributed by atoms with Crippen molar-refractivity contribution in [3.63, 3.8) is 0 Å². The first-order valence-electron chi connectivity index (χ1n) is 10.7. The number of thiocarbonyl (C=S) groups is 1. The Labute approximate surface area is 207 Å². The molecule has 0 saturated carbocycles. The third-order valence-corrected chi connectivity index (χ3v) is 6.40. The van der Waals surface area contributed by atoms with E-state index in [1.54, 1.807) is 42.7 Å². The lowest BCUT2D eigenvalue weighted by Gasteiger charge is -2.15. The van der Waals surface area contributed by atoms with Crippen molar-refractivity contribution in [2.75, 3.05) is 0 Å². The van der Waals surface area contributed by atoms with E-state index in [9.17, 15) is 14.7 Å². The normalized spacial score (nSPS) is 14.3. The molecule has 8 heteroatoms.